The minimum atomic E-state index is -1.38. The summed E-state index contributed by atoms with van der Waals surface area (Å²) in [5.74, 6) is -3.01. The van der Waals surface area contributed by atoms with Gasteiger partial charge in [0, 0.05) is 12.0 Å². The minimum Gasteiger partial charge on any atom is -0.549 e. The van der Waals surface area contributed by atoms with Gasteiger partial charge in [0.1, 0.15) is 5.82 Å². The molecule has 0 spiro atoms. The molecule has 0 aromatic heterocycles. The normalized spacial score (nSPS) is 20.0. The summed E-state index contributed by atoms with van der Waals surface area (Å²) in [7, 11) is 0. The van der Waals surface area contributed by atoms with Gasteiger partial charge in [0.05, 0.1) is 11.2 Å². The van der Waals surface area contributed by atoms with Crippen molar-refractivity contribution in [1.82, 2.24) is 10.7 Å². The molecule has 1 aliphatic heterocycles. The zero-order valence-electron chi connectivity index (χ0n) is 10.5. The molecule has 2 rings (SSSR count). The van der Waals surface area contributed by atoms with E-state index in [-0.39, 0.29) is 17.2 Å². The van der Waals surface area contributed by atoms with E-state index in [9.17, 15) is 23.9 Å². The standard InChI is InChI=1S/C12H10FN3O4S/c13-7-3-1-6(2-4-7)10(18)15-16-12-14-9(17)5-8(21-12)11(19)20/h1-4,8H,5H2,(H,15,18)(H,19,20)(H,14,16,17)/p-1/t8-/m1/s1. The van der Waals surface area contributed by atoms with Crippen LogP contribution < -0.4 is 15.8 Å². The van der Waals surface area contributed by atoms with Crippen LogP contribution in [0.2, 0.25) is 0 Å². The first-order valence-electron chi connectivity index (χ1n) is 5.76. The lowest BCUT2D eigenvalue weighted by Gasteiger charge is -2.23. The van der Waals surface area contributed by atoms with Crippen molar-refractivity contribution in [3.05, 3.63) is 35.6 Å². The fraction of sp³-hybridized carbons (Fsp3) is 0.167. The van der Waals surface area contributed by atoms with Gasteiger partial charge < -0.3 is 15.2 Å². The first-order chi connectivity index (χ1) is 9.95. The summed E-state index contributed by atoms with van der Waals surface area (Å²) in [4.78, 5) is 33.7. The van der Waals surface area contributed by atoms with Crippen LogP contribution in [-0.2, 0) is 9.59 Å². The van der Waals surface area contributed by atoms with E-state index < -0.39 is 28.9 Å². The Morgan fingerprint density at radius 1 is 1.38 bits per heavy atom. The minimum absolute atomic E-state index is 0.0455. The largest absolute Gasteiger partial charge is 0.549 e. The molecular formula is C12H9FN3O4S-. The smallest absolute Gasteiger partial charge is 0.271 e. The third kappa shape index (κ3) is 4.02. The molecule has 1 fully saturated rings. The summed E-state index contributed by atoms with van der Waals surface area (Å²) in [6.45, 7) is 0. The second-order valence-electron chi connectivity index (χ2n) is 4.04. The number of halogens is 1. The monoisotopic (exact) mass is 310 g/mol. The Balaban J connectivity index is 2.02. The van der Waals surface area contributed by atoms with Gasteiger partial charge in [-0.25, -0.2) is 9.82 Å². The lowest BCUT2D eigenvalue weighted by molar-refractivity contribution is -0.304. The fourth-order valence-corrected chi connectivity index (χ4v) is 2.37. The number of hydrazone groups is 1. The number of thioether (sulfide) groups is 1. The predicted octanol–water partition coefficient (Wildman–Crippen LogP) is -0.802. The Hall–Kier alpha value is -2.42. The van der Waals surface area contributed by atoms with E-state index in [2.05, 4.69) is 15.8 Å². The van der Waals surface area contributed by atoms with Gasteiger partial charge in [0.15, 0.2) is 5.17 Å². The third-order valence-electron chi connectivity index (χ3n) is 2.50. The molecule has 0 unspecified atom stereocenters. The topological polar surface area (TPSA) is 111 Å². The number of amidine groups is 1. The quantitative estimate of drug-likeness (QED) is 0.710. The zero-order chi connectivity index (χ0) is 15.4. The Morgan fingerprint density at radius 2 is 2.05 bits per heavy atom. The van der Waals surface area contributed by atoms with Gasteiger partial charge >= 0.3 is 0 Å². The molecule has 1 saturated heterocycles. The molecule has 1 heterocycles. The highest BCUT2D eigenvalue weighted by Crippen LogP contribution is 2.19. The second-order valence-corrected chi connectivity index (χ2v) is 5.23. The molecule has 2 N–H and O–H groups in total. The number of rotatable bonds is 3. The van der Waals surface area contributed by atoms with Crippen LogP contribution in [0.1, 0.15) is 16.8 Å². The molecular weight excluding hydrogens is 301 g/mol. The summed E-state index contributed by atoms with van der Waals surface area (Å²) in [5.41, 5.74) is 2.32. The number of benzene rings is 1. The molecule has 21 heavy (non-hydrogen) atoms. The maximum Gasteiger partial charge on any atom is 0.271 e. The lowest BCUT2D eigenvalue weighted by Crippen LogP contribution is -2.45. The van der Waals surface area contributed by atoms with Crippen molar-refractivity contribution in [1.29, 1.82) is 0 Å². The Labute approximate surface area is 122 Å². The SMILES string of the molecule is O=C1C[C@H](C(=O)[O-])S/C(=N/NC(=O)c2ccc(F)cc2)N1. The van der Waals surface area contributed by atoms with Gasteiger partial charge in [-0.05, 0) is 24.3 Å². The van der Waals surface area contributed by atoms with Gasteiger partial charge in [0.25, 0.3) is 5.91 Å². The molecule has 2 amide bonds. The molecule has 1 aromatic carbocycles. The number of aliphatic carboxylic acids is 1. The third-order valence-corrected chi connectivity index (χ3v) is 3.56. The van der Waals surface area contributed by atoms with E-state index in [4.69, 9.17) is 0 Å². The number of nitrogens with one attached hydrogen (secondary N) is 2. The van der Waals surface area contributed by atoms with E-state index >= 15 is 0 Å². The fourth-order valence-electron chi connectivity index (χ4n) is 1.50. The van der Waals surface area contributed by atoms with Gasteiger partial charge in [-0.2, -0.15) is 0 Å². The number of hydrogen-bond acceptors (Lipinski definition) is 6. The number of nitrogens with zero attached hydrogens (tertiary/aromatic N) is 1. The molecule has 1 atom stereocenters. The number of carbonyl (C=O) groups excluding carboxylic acids is 3. The summed E-state index contributed by atoms with van der Waals surface area (Å²) in [5, 5.41) is 15.6. The Morgan fingerprint density at radius 3 is 2.67 bits per heavy atom. The van der Waals surface area contributed by atoms with Gasteiger partial charge in [-0.15, -0.1) is 5.10 Å². The van der Waals surface area contributed by atoms with Crippen LogP contribution in [-0.4, -0.2) is 28.2 Å². The molecule has 0 saturated carbocycles. The van der Waals surface area contributed by atoms with E-state index in [1.54, 1.807) is 0 Å². The molecule has 0 radical (unpaired) electrons. The van der Waals surface area contributed by atoms with Crippen LogP contribution in [0.15, 0.2) is 29.4 Å². The Kier molecular flexibility index (Phi) is 4.53. The van der Waals surface area contributed by atoms with Crippen LogP contribution >= 0.6 is 11.8 Å². The maximum atomic E-state index is 12.7. The van der Waals surface area contributed by atoms with Crippen molar-refractivity contribution in [2.24, 2.45) is 5.10 Å². The van der Waals surface area contributed by atoms with Crippen molar-refractivity contribution in [2.75, 3.05) is 0 Å². The van der Waals surface area contributed by atoms with Crippen LogP contribution in [0.4, 0.5) is 4.39 Å². The van der Waals surface area contributed by atoms with Crippen molar-refractivity contribution < 1.29 is 23.9 Å². The highest BCUT2D eigenvalue weighted by molar-refractivity contribution is 8.15. The van der Waals surface area contributed by atoms with Crippen molar-refractivity contribution in [3.63, 3.8) is 0 Å². The first-order valence-corrected chi connectivity index (χ1v) is 6.64. The number of amides is 2. The number of carboxylic acids is 1. The summed E-state index contributed by atoms with van der Waals surface area (Å²) >= 11 is 0.764. The van der Waals surface area contributed by atoms with Gasteiger partial charge in [-0.3, -0.25) is 9.59 Å². The molecule has 9 heteroatoms. The van der Waals surface area contributed by atoms with E-state index in [0.717, 1.165) is 23.9 Å². The number of carbonyl (C=O) groups is 3. The van der Waals surface area contributed by atoms with Crippen LogP contribution in [0, 0.1) is 5.82 Å². The molecule has 0 bridgehead atoms. The van der Waals surface area contributed by atoms with E-state index in [0.29, 0.717) is 0 Å². The number of carboxylic acid groups (broad SMARTS) is 1. The molecule has 1 aliphatic rings. The maximum absolute atomic E-state index is 12.7. The first kappa shape index (κ1) is 15.0. The zero-order valence-corrected chi connectivity index (χ0v) is 11.3. The van der Waals surface area contributed by atoms with Crippen LogP contribution in [0.25, 0.3) is 0 Å². The summed E-state index contributed by atoms with van der Waals surface area (Å²) in [6.07, 6.45) is -0.224. The molecule has 7 nitrogen and oxygen atoms in total. The van der Waals surface area contributed by atoms with Gasteiger partial charge in [0.2, 0.25) is 5.91 Å². The van der Waals surface area contributed by atoms with E-state index in [1.165, 1.54) is 12.1 Å². The summed E-state index contributed by atoms with van der Waals surface area (Å²) < 4.78 is 12.7. The average Bonchev–Trinajstić information content (AvgIpc) is 2.45. The summed E-state index contributed by atoms with van der Waals surface area (Å²) in [6, 6.07) is 4.76. The highest BCUT2D eigenvalue weighted by atomic mass is 32.2. The van der Waals surface area contributed by atoms with Crippen LogP contribution in [0.5, 0.6) is 0 Å². The molecule has 0 aliphatic carbocycles. The predicted molar refractivity (Wildman–Crippen MR) is 70.4 cm³/mol. The van der Waals surface area contributed by atoms with Crippen molar-refractivity contribution in [2.45, 2.75) is 11.7 Å². The van der Waals surface area contributed by atoms with Crippen molar-refractivity contribution >= 4 is 34.7 Å². The van der Waals surface area contributed by atoms with E-state index in [1.807, 2.05) is 0 Å². The van der Waals surface area contributed by atoms with Crippen molar-refractivity contribution in [3.8, 4) is 0 Å². The van der Waals surface area contributed by atoms with Crippen LogP contribution in [0.3, 0.4) is 0 Å². The molecule has 1 aromatic rings. The number of hydrogen-bond donors (Lipinski definition) is 2. The average molecular weight is 310 g/mol. The van der Waals surface area contributed by atoms with Gasteiger partial charge in [-0.1, -0.05) is 11.8 Å². The second kappa shape index (κ2) is 6.35. The highest BCUT2D eigenvalue weighted by Gasteiger charge is 2.25. The Bertz CT molecular complexity index is 617. The lowest BCUT2D eigenvalue weighted by atomic mass is 10.2. The molecule has 110 valence electrons.